The Morgan fingerprint density at radius 2 is 1.00 bits per heavy atom. The molecule has 34 heavy (non-hydrogen) atoms. The van der Waals surface area contributed by atoms with Gasteiger partial charge in [0.2, 0.25) is 0 Å². The third kappa shape index (κ3) is 31.2. The number of allylic oxidation sites excluding steroid dienone is 1. The van der Waals surface area contributed by atoms with Gasteiger partial charge in [-0.15, -0.1) is 0 Å². The van der Waals surface area contributed by atoms with Crippen LogP contribution in [0.2, 0.25) is 0 Å². The summed E-state index contributed by atoms with van der Waals surface area (Å²) >= 11 is 0. The first-order chi connectivity index (χ1) is 16.0. The van der Waals surface area contributed by atoms with Gasteiger partial charge in [0.15, 0.2) is 6.29 Å². The molecule has 7 heteroatoms. The van der Waals surface area contributed by atoms with Crippen LogP contribution in [0.3, 0.4) is 0 Å². The van der Waals surface area contributed by atoms with Crippen molar-refractivity contribution in [3.63, 3.8) is 0 Å². The second-order valence-corrected chi connectivity index (χ2v) is 10.5. The van der Waals surface area contributed by atoms with Gasteiger partial charge in [-0.3, -0.25) is 0 Å². The van der Waals surface area contributed by atoms with Crippen LogP contribution < -0.4 is 51.4 Å². The molecule has 0 aromatic rings. The molecule has 0 bridgehead atoms. The molecule has 0 amide bonds. The van der Waals surface area contributed by atoms with Gasteiger partial charge < -0.3 is 14.0 Å². The molecule has 0 heterocycles. The fourth-order valence-electron chi connectivity index (χ4n) is 3.89. The van der Waals surface area contributed by atoms with Crippen LogP contribution in [0.15, 0.2) is 11.5 Å². The van der Waals surface area contributed by atoms with Gasteiger partial charge in [-0.25, -0.2) is 8.42 Å². The minimum atomic E-state index is -4.31. The normalized spacial score (nSPS) is 12.8. The fraction of sp³-hybridized carbons (Fsp3) is 0.926. The summed E-state index contributed by atoms with van der Waals surface area (Å²) in [5, 5.41) is 0.727. The summed E-state index contributed by atoms with van der Waals surface area (Å²) in [4.78, 5) is 0. The summed E-state index contributed by atoms with van der Waals surface area (Å²) in [7, 11) is -4.31. The molecule has 0 aliphatic rings. The van der Waals surface area contributed by atoms with Crippen LogP contribution in [0.4, 0.5) is 0 Å². The maximum absolute atomic E-state index is 10.7. The molecule has 5 nitrogen and oxygen atoms in total. The zero-order valence-electron chi connectivity index (χ0n) is 22.7. The van der Waals surface area contributed by atoms with Crippen molar-refractivity contribution in [3.05, 3.63) is 11.5 Å². The van der Waals surface area contributed by atoms with Crippen molar-refractivity contribution < 1.29 is 73.8 Å². The van der Waals surface area contributed by atoms with E-state index in [1.807, 2.05) is 0 Å². The van der Waals surface area contributed by atoms with E-state index >= 15 is 0 Å². The molecule has 0 aliphatic heterocycles. The van der Waals surface area contributed by atoms with E-state index in [1.54, 1.807) is 0 Å². The predicted molar refractivity (Wildman–Crippen MR) is 138 cm³/mol. The molecule has 1 atom stereocenters. The summed E-state index contributed by atoms with van der Waals surface area (Å²) in [6, 6.07) is 0. The Morgan fingerprint density at radius 1 is 0.647 bits per heavy atom. The second kappa shape index (κ2) is 28.8. The molecule has 0 fully saturated rings. The van der Waals surface area contributed by atoms with Crippen LogP contribution >= 0.6 is 0 Å². The van der Waals surface area contributed by atoms with Crippen molar-refractivity contribution in [1.82, 2.24) is 0 Å². The van der Waals surface area contributed by atoms with Crippen LogP contribution in [-0.2, 0) is 19.6 Å². The van der Waals surface area contributed by atoms with Crippen molar-refractivity contribution >= 4 is 10.1 Å². The van der Waals surface area contributed by atoms with Crippen molar-refractivity contribution in [2.45, 2.75) is 149 Å². The van der Waals surface area contributed by atoms with E-state index in [0.29, 0.717) is 26.1 Å². The van der Waals surface area contributed by atoms with Crippen molar-refractivity contribution in [2.75, 3.05) is 13.2 Å². The molecule has 0 saturated carbocycles. The average molecular weight is 529 g/mol. The van der Waals surface area contributed by atoms with Gasteiger partial charge in [0, 0.05) is 25.0 Å². The minimum Gasteiger partial charge on any atom is -0.744 e. The summed E-state index contributed by atoms with van der Waals surface area (Å²) in [5.74, 6) is 0. The van der Waals surface area contributed by atoms with Crippen LogP contribution in [0, 0.1) is 0 Å². The van der Waals surface area contributed by atoms with E-state index in [1.165, 1.54) is 109 Å². The third-order valence-electron chi connectivity index (χ3n) is 5.94. The fourth-order valence-corrected chi connectivity index (χ4v) is 4.26. The monoisotopic (exact) mass is 528 g/mol. The van der Waals surface area contributed by atoms with E-state index in [9.17, 15) is 13.0 Å². The Bertz CT molecular complexity index is 525. The first-order valence-corrected chi connectivity index (χ1v) is 15.3. The van der Waals surface area contributed by atoms with E-state index in [2.05, 4.69) is 13.8 Å². The average Bonchev–Trinajstić information content (AvgIpc) is 2.77. The van der Waals surface area contributed by atoms with E-state index < -0.39 is 10.1 Å². The molecular formula is C27H53KO5S. The Balaban J connectivity index is 0. The Hall–Kier alpha value is 1.21. The molecule has 0 spiro atoms. The van der Waals surface area contributed by atoms with E-state index in [4.69, 9.17) is 9.47 Å². The maximum Gasteiger partial charge on any atom is 1.00 e. The van der Waals surface area contributed by atoms with Gasteiger partial charge in [0.05, 0.1) is 0 Å². The molecular weight excluding hydrogens is 475 g/mol. The Labute approximate surface area is 254 Å². The van der Waals surface area contributed by atoms with Crippen LogP contribution in [-0.4, -0.2) is 32.5 Å². The largest absolute Gasteiger partial charge is 1.00 e. The minimum absolute atomic E-state index is 0. The molecule has 0 aromatic carbocycles. The number of unbranched alkanes of at least 4 members (excludes halogenated alkanes) is 16. The number of rotatable bonds is 26. The molecule has 0 rings (SSSR count). The molecule has 1 unspecified atom stereocenters. The standard InChI is InChI=1S/C27H54O5S.K/c1-3-5-7-9-11-13-14-16-18-21-25-32-27(23-19-22-26-33(28,29)30)31-24-20-17-15-12-10-8-6-4-2;/h22,26-27H,3-21,23-25H2,1-2H3,(H,28,29,30);/q;+1/p-1. The first-order valence-electron chi connectivity index (χ1n) is 13.8. The van der Waals surface area contributed by atoms with E-state index in [-0.39, 0.29) is 57.7 Å². The molecule has 0 aliphatic carbocycles. The summed E-state index contributed by atoms with van der Waals surface area (Å²) in [5.41, 5.74) is 0. The number of ether oxygens (including phenoxy) is 2. The summed E-state index contributed by atoms with van der Waals surface area (Å²) < 4.78 is 44.0. The number of hydrogen-bond acceptors (Lipinski definition) is 5. The van der Waals surface area contributed by atoms with Crippen LogP contribution in [0.1, 0.15) is 142 Å². The molecule has 0 N–H and O–H groups in total. The van der Waals surface area contributed by atoms with Gasteiger partial charge in [-0.05, 0) is 19.3 Å². The Morgan fingerprint density at radius 3 is 1.35 bits per heavy atom. The maximum atomic E-state index is 10.7. The van der Waals surface area contributed by atoms with Gasteiger partial charge in [0.1, 0.15) is 10.1 Å². The number of hydrogen-bond donors (Lipinski definition) is 0. The smallest absolute Gasteiger partial charge is 0.744 e. The zero-order chi connectivity index (χ0) is 24.5. The SMILES string of the molecule is CCCCCCCCCCCCOC(CCC=CS(=O)(=O)[O-])OCCCCCCCCCC.[K+]. The van der Waals surface area contributed by atoms with Crippen LogP contribution in [0.5, 0.6) is 0 Å². The van der Waals surface area contributed by atoms with Crippen molar-refractivity contribution in [2.24, 2.45) is 0 Å². The predicted octanol–water partition coefficient (Wildman–Crippen LogP) is 5.25. The van der Waals surface area contributed by atoms with Crippen LogP contribution in [0.25, 0.3) is 0 Å². The van der Waals surface area contributed by atoms with Gasteiger partial charge >= 0.3 is 51.4 Å². The molecule has 0 radical (unpaired) electrons. The topological polar surface area (TPSA) is 75.7 Å². The van der Waals surface area contributed by atoms with Crippen molar-refractivity contribution in [1.29, 1.82) is 0 Å². The zero-order valence-corrected chi connectivity index (χ0v) is 26.7. The second-order valence-electron chi connectivity index (χ2n) is 9.27. The first kappa shape index (κ1) is 37.4. The van der Waals surface area contributed by atoms with Gasteiger partial charge in [-0.1, -0.05) is 123 Å². The Kier molecular flexibility index (Phi) is 31.6. The van der Waals surface area contributed by atoms with Gasteiger partial charge in [-0.2, -0.15) is 0 Å². The quantitative estimate of drug-likeness (QED) is 0.0663. The molecule has 198 valence electrons. The molecule has 0 saturated heterocycles. The van der Waals surface area contributed by atoms with E-state index in [0.717, 1.165) is 18.2 Å². The molecule has 0 aromatic heterocycles. The third-order valence-corrected chi connectivity index (χ3v) is 6.46. The van der Waals surface area contributed by atoms with Gasteiger partial charge in [0.25, 0.3) is 0 Å². The van der Waals surface area contributed by atoms with Crippen molar-refractivity contribution in [3.8, 4) is 0 Å². The summed E-state index contributed by atoms with van der Waals surface area (Å²) in [6.07, 6.45) is 25.0. The summed E-state index contributed by atoms with van der Waals surface area (Å²) in [6.45, 7) is 5.83.